The maximum absolute atomic E-state index is 11.1. The molecule has 1 aromatic rings. The molecule has 2 heteroatoms. The van der Waals surface area contributed by atoms with Crippen LogP contribution in [0.1, 0.15) is 12.5 Å². The number of carbonyl (C=O) groups excluding carboxylic acids is 1. The summed E-state index contributed by atoms with van der Waals surface area (Å²) < 4.78 is 0. The quantitative estimate of drug-likeness (QED) is 0.585. The standard InChI is InChI=1S/C12H12O2/c1-2-6-11(13)9-12(14)10-7-4-3-5-8-10/h2-9,14H,1H3. The molecular weight excluding hydrogens is 176 g/mol. The van der Waals surface area contributed by atoms with Gasteiger partial charge in [0.15, 0.2) is 5.78 Å². The molecule has 0 atom stereocenters. The van der Waals surface area contributed by atoms with E-state index in [0.29, 0.717) is 5.56 Å². The van der Waals surface area contributed by atoms with Crippen LogP contribution in [0.2, 0.25) is 0 Å². The molecule has 1 aromatic carbocycles. The minimum atomic E-state index is -0.214. The molecule has 0 heterocycles. The summed E-state index contributed by atoms with van der Waals surface area (Å²) >= 11 is 0. The molecule has 0 bridgehead atoms. The second-order valence-electron chi connectivity index (χ2n) is 2.80. The van der Waals surface area contributed by atoms with Crippen LogP contribution in [0.15, 0.2) is 48.6 Å². The van der Waals surface area contributed by atoms with Crippen LogP contribution in [0.3, 0.4) is 0 Å². The molecular formula is C12H12O2. The van der Waals surface area contributed by atoms with Crippen LogP contribution >= 0.6 is 0 Å². The number of rotatable bonds is 3. The van der Waals surface area contributed by atoms with E-state index in [2.05, 4.69) is 0 Å². The van der Waals surface area contributed by atoms with Gasteiger partial charge in [-0.3, -0.25) is 4.79 Å². The van der Waals surface area contributed by atoms with E-state index in [9.17, 15) is 9.90 Å². The second kappa shape index (κ2) is 5.02. The summed E-state index contributed by atoms with van der Waals surface area (Å²) in [5, 5.41) is 9.52. The fraction of sp³-hybridized carbons (Fsp3) is 0.0833. The molecule has 0 spiro atoms. The Hall–Kier alpha value is -1.83. The van der Waals surface area contributed by atoms with Crippen LogP contribution in [0.4, 0.5) is 0 Å². The molecule has 0 saturated heterocycles. The van der Waals surface area contributed by atoms with Crippen LogP contribution in [-0.4, -0.2) is 10.9 Å². The summed E-state index contributed by atoms with van der Waals surface area (Å²) in [7, 11) is 0. The number of ketones is 1. The van der Waals surface area contributed by atoms with Crippen molar-refractivity contribution in [2.75, 3.05) is 0 Å². The van der Waals surface area contributed by atoms with Crippen molar-refractivity contribution in [2.45, 2.75) is 6.92 Å². The number of benzene rings is 1. The Kier molecular flexibility index (Phi) is 3.68. The van der Waals surface area contributed by atoms with Gasteiger partial charge in [0.1, 0.15) is 5.76 Å². The Morgan fingerprint density at radius 1 is 1.29 bits per heavy atom. The van der Waals surface area contributed by atoms with Gasteiger partial charge in [0.2, 0.25) is 0 Å². The third-order valence-corrected chi connectivity index (χ3v) is 1.68. The first-order valence-corrected chi connectivity index (χ1v) is 4.37. The Labute approximate surface area is 83.2 Å². The molecule has 1 N–H and O–H groups in total. The zero-order valence-corrected chi connectivity index (χ0v) is 7.97. The third-order valence-electron chi connectivity index (χ3n) is 1.68. The van der Waals surface area contributed by atoms with Crippen molar-refractivity contribution < 1.29 is 9.90 Å². The van der Waals surface area contributed by atoms with E-state index < -0.39 is 0 Å². The summed E-state index contributed by atoms with van der Waals surface area (Å²) in [5.41, 5.74) is 0.644. The molecule has 1 rings (SSSR count). The van der Waals surface area contributed by atoms with Crippen LogP contribution in [-0.2, 0) is 4.79 Å². The fourth-order valence-corrected chi connectivity index (χ4v) is 1.04. The van der Waals surface area contributed by atoms with Crippen molar-refractivity contribution in [3.8, 4) is 0 Å². The highest BCUT2D eigenvalue weighted by molar-refractivity contribution is 6.03. The highest BCUT2D eigenvalue weighted by Crippen LogP contribution is 2.09. The minimum absolute atomic E-state index is 0.00583. The maximum atomic E-state index is 11.1. The molecule has 14 heavy (non-hydrogen) atoms. The SMILES string of the molecule is CC=CC(=O)C=C(O)c1ccccc1. The van der Waals surface area contributed by atoms with Gasteiger partial charge in [-0.05, 0) is 13.0 Å². The molecule has 0 aliphatic heterocycles. The molecule has 0 saturated carbocycles. The Balaban J connectivity index is 2.85. The van der Waals surface area contributed by atoms with Gasteiger partial charge >= 0.3 is 0 Å². The van der Waals surface area contributed by atoms with Gasteiger partial charge in [-0.15, -0.1) is 0 Å². The largest absolute Gasteiger partial charge is 0.507 e. The zero-order chi connectivity index (χ0) is 10.4. The Bertz CT molecular complexity index is 361. The summed E-state index contributed by atoms with van der Waals surface area (Å²) in [6.07, 6.45) is 4.24. The van der Waals surface area contributed by atoms with E-state index in [4.69, 9.17) is 0 Å². The summed E-state index contributed by atoms with van der Waals surface area (Å²) in [5.74, 6) is -0.220. The number of hydrogen-bond acceptors (Lipinski definition) is 2. The molecule has 0 unspecified atom stereocenters. The fourth-order valence-electron chi connectivity index (χ4n) is 1.04. The number of aliphatic hydroxyl groups excluding tert-OH is 1. The monoisotopic (exact) mass is 188 g/mol. The summed E-state index contributed by atoms with van der Waals surface area (Å²) in [6, 6.07) is 8.95. The second-order valence-corrected chi connectivity index (χ2v) is 2.80. The zero-order valence-electron chi connectivity index (χ0n) is 7.97. The van der Waals surface area contributed by atoms with Gasteiger partial charge in [0.25, 0.3) is 0 Å². The van der Waals surface area contributed by atoms with Gasteiger partial charge in [-0.25, -0.2) is 0 Å². The first-order chi connectivity index (χ1) is 6.74. The lowest BCUT2D eigenvalue weighted by molar-refractivity contribution is -0.110. The Morgan fingerprint density at radius 2 is 1.93 bits per heavy atom. The first kappa shape index (κ1) is 10.3. The number of hydrogen-bond donors (Lipinski definition) is 1. The molecule has 0 fully saturated rings. The van der Waals surface area contributed by atoms with Crippen LogP contribution in [0.5, 0.6) is 0 Å². The number of carbonyl (C=O) groups is 1. The Morgan fingerprint density at radius 3 is 2.50 bits per heavy atom. The molecule has 0 aliphatic rings. The smallest absolute Gasteiger partial charge is 0.182 e. The van der Waals surface area contributed by atoms with Crippen molar-refractivity contribution >= 4 is 11.5 Å². The first-order valence-electron chi connectivity index (χ1n) is 4.37. The highest BCUT2D eigenvalue weighted by atomic mass is 16.3. The van der Waals surface area contributed by atoms with Gasteiger partial charge in [0, 0.05) is 11.6 Å². The molecule has 0 amide bonds. The van der Waals surface area contributed by atoms with Crippen LogP contribution < -0.4 is 0 Å². The van der Waals surface area contributed by atoms with E-state index in [1.165, 1.54) is 12.2 Å². The normalized spacial score (nSPS) is 11.9. The molecule has 0 aromatic heterocycles. The van der Waals surface area contributed by atoms with Crippen LogP contribution in [0, 0.1) is 0 Å². The van der Waals surface area contributed by atoms with Crippen molar-refractivity contribution in [2.24, 2.45) is 0 Å². The van der Waals surface area contributed by atoms with Gasteiger partial charge < -0.3 is 5.11 Å². The van der Waals surface area contributed by atoms with Crippen molar-refractivity contribution in [3.05, 3.63) is 54.1 Å². The molecule has 72 valence electrons. The lowest BCUT2D eigenvalue weighted by atomic mass is 10.1. The number of aliphatic hydroxyl groups is 1. The van der Waals surface area contributed by atoms with Crippen molar-refractivity contribution in [3.63, 3.8) is 0 Å². The van der Waals surface area contributed by atoms with Gasteiger partial charge in [0.05, 0.1) is 0 Å². The van der Waals surface area contributed by atoms with Crippen molar-refractivity contribution in [1.29, 1.82) is 0 Å². The van der Waals surface area contributed by atoms with Gasteiger partial charge in [-0.1, -0.05) is 36.4 Å². The predicted octanol–water partition coefficient (Wildman–Crippen LogP) is 2.73. The maximum Gasteiger partial charge on any atom is 0.182 e. The highest BCUT2D eigenvalue weighted by Gasteiger charge is 1.98. The van der Waals surface area contributed by atoms with Gasteiger partial charge in [-0.2, -0.15) is 0 Å². The van der Waals surface area contributed by atoms with Crippen LogP contribution in [0.25, 0.3) is 5.76 Å². The molecule has 2 nitrogen and oxygen atoms in total. The van der Waals surface area contributed by atoms with E-state index in [1.807, 2.05) is 6.07 Å². The third kappa shape index (κ3) is 2.90. The van der Waals surface area contributed by atoms with Crippen molar-refractivity contribution in [1.82, 2.24) is 0 Å². The predicted molar refractivity (Wildman–Crippen MR) is 56.9 cm³/mol. The molecule has 0 aliphatic carbocycles. The van der Waals surface area contributed by atoms with E-state index >= 15 is 0 Å². The lowest BCUT2D eigenvalue weighted by Crippen LogP contribution is -1.89. The number of allylic oxidation sites excluding steroid dienone is 3. The van der Waals surface area contributed by atoms with E-state index in [0.717, 1.165) is 0 Å². The average Bonchev–Trinajstić information content (AvgIpc) is 2.19. The topological polar surface area (TPSA) is 37.3 Å². The van der Waals surface area contributed by atoms with E-state index in [-0.39, 0.29) is 11.5 Å². The summed E-state index contributed by atoms with van der Waals surface area (Å²) in [6.45, 7) is 1.76. The van der Waals surface area contributed by atoms with E-state index in [1.54, 1.807) is 37.3 Å². The summed E-state index contributed by atoms with van der Waals surface area (Å²) in [4.78, 5) is 11.1. The minimum Gasteiger partial charge on any atom is -0.507 e. The molecule has 0 radical (unpaired) electrons. The average molecular weight is 188 g/mol. The lowest BCUT2D eigenvalue weighted by Gasteiger charge is -1.97.